The van der Waals surface area contributed by atoms with E-state index in [1.54, 1.807) is 0 Å². The van der Waals surface area contributed by atoms with Gasteiger partial charge in [-0.2, -0.15) is 31.3 Å². The predicted octanol–water partition coefficient (Wildman–Crippen LogP) is 5.88. The van der Waals surface area contributed by atoms with Crippen LogP contribution < -0.4 is 4.74 Å². The van der Waals surface area contributed by atoms with Gasteiger partial charge < -0.3 is 13.8 Å². The number of nitrogens with zero attached hydrogens (tertiary/aromatic N) is 5. The normalized spacial score (nSPS) is 12.7. The van der Waals surface area contributed by atoms with Crippen LogP contribution in [-0.4, -0.2) is 24.9 Å². The number of benzene rings is 2. The number of alkyl halides is 6. The van der Waals surface area contributed by atoms with Crippen LogP contribution in [-0.2, 0) is 25.0 Å². The van der Waals surface area contributed by atoms with E-state index in [1.807, 2.05) is 0 Å². The molecule has 0 saturated carbocycles. The fourth-order valence-corrected chi connectivity index (χ4v) is 3.61. The van der Waals surface area contributed by atoms with Gasteiger partial charge >= 0.3 is 12.4 Å². The number of ether oxygens (including phenoxy) is 1. The van der Waals surface area contributed by atoms with E-state index in [4.69, 9.17) is 4.74 Å². The van der Waals surface area contributed by atoms with E-state index >= 15 is 0 Å². The Morgan fingerprint density at radius 1 is 0.886 bits per heavy atom. The monoisotopic (exact) mass is 497 g/mol. The van der Waals surface area contributed by atoms with Crippen LogP contribution in [0.4, 0.5) is 26.3 Å². The Hall–Kier alpha value is -3.90. The average Bonchev–Trinajstić information content (AvgIpc) is 3.43. The molecular weight excluding hydrogens is 480 g/mol. The highest BCUT2D eigenvalue weighted by molar-refractivity contribution is 5.62. The minimum atomic E-state index is -4.79. The lowest BCUT2D eigenvalue weighted by Gasteiger charge is -2.27. The Labute approximate surface area is 194 Å². The molecule has 0 radical (unpaired) electrons. The Balaban J connectivity index is 1.73. The lowest BCUT2D eigenvalue weighted by molar-refractivity contribution is -0.140. The van der Waals surface area contributed by atoms with Crippen molar-refractivity contribution in [3.05, 3.63) is 65.8 Å². The van der Waals surface area contributed by atoms with Gasteiger partial charge in [0.25, 0.3) is 0 Å². The predicted molar refractivity (Wildman–Crippen MR) is 110 cm³/mol. The molecule has 4 aromatic rings. The van der Waals surface area contributed by atoms with E-state index in [0.29, 0.717) is 0 Å². The van der Waals surface area contributed by atoms with E-state index in [1.165, 1.54) is 49.7 Å². The van der Waals surface area contributed by atoms with Crippen molar-refractivity contribution in [3.63, 3.8) is 0 Å². The molecule has 2 heterocycles. The second-order valence-electron chi connectivity index (χ2n) is 8.03. The van der Waals surface area contributed by atoms with Gasteiger partial charge in [0.05, 0.1) is 11.1 Å². The highest BCUT2D eigenvalue weighted by Crippen LogP contribution is 2.41. The van der Waals surface area contributed by atoms with E-state index in [-0.39, 0.29) is 28.6 Å². The van der Waals surface area contributed by atoms with Crippen LogP contribution in [0.3, 0.4) is 0 Å². The van der Waals surface area contributed by atoms with Gasteiger partial charge in [0.2, 0.25) is 12.2 Å². The molecule has 0 saturated heterocycles. The molecular formula is C22H17F6N5O2. The highest BCUT2D eigenvalue weighted by atomic mass is 19.4. The number of hydrogen-bond acceptors (Lipinski definition) is 6. The summed E-state index contributed by atoms with van der Waals surface area (Å²) in [5.41, 5.74) is -3.70. The van der Waals surface area contributed by atoms with Gasteiger partial charge in [-0.3, -0.25) is 0 Å². The Bertz CT molecular complexity index is 1340. The first kappa shape index (κ1) is 24.2. The van der Waals surface area contributed by atoms with Crippen molar-refractivity contribution >= 4 is 0 Å². The van der Waals surface area contributed by atoms with Crippen LogP contribution in [0.1, 0.15) is 30.8 Å². The molecule has 0 aliphatic rings. The first-order chi connectivity index (χ1) is 16.3. The van der Waals surface area contributed by atoms with Crippen molar-refractivity contribution in [1.82, 2.24) is 24.9 Å². The smallest absolute Gasteiger partial charge is 0.419 e. The number of hydrogen-bond donors (Lipinski definition) is 0. The minimum absolute atomic E-state index is 0.0137. The summed E-state index contributed by atoms with van der Waals surface area (Å²) in [5, 5.41) is 11.3. The molecule has 0 spiro atoms. The standard InChI is InChI=1S/C22H17F6N5O2/c1-20(2,19-31-30-18(33(19)3)13-6-4-5-7-14(13)21(23,24)25)35-16-9-8-12(17-29-11-34-32-17)10-15(16)22(26,27)28/h4-11H,1-3H3. The summed E-state index contributed by atoms with van der Waals surface area (Å²) in [7, 11) is 1.41. The maximum atomic E-state index is 13.8. The summed E-state index contributed by atoms with van der Waals surface area (Å²) in [6.45, 7) is 2.87. The quantitative estimate of drug-likeness (QED) is 0.320. The second kappa shape index (κ2) is 8.40. The zero-order valence-electron chi connectivity index (χ0n) is 18.4. The van der Waals surface area contributed by atoms with E-state index < -0.39 is 34.8 Å². The first-order valence-corrected chi connectivity index (χ1v) is 10.0. The van der Waals surface area contributed by atoms with Crippen LogP contribution in [0.15, 0.2) is 53.4 Å². The fourth-order valence-electron chi connectivity index (χ4n) is 3.61. The van der Waals surface area contributed by atoms with Gasteiger partial charge in [0.1, 0.15) is 5.75 Å². The van der Waals surface area contributed by atoms with Crippen molar-refractivity contribution in [2.75, 3.05) is 0 Å². The second-order valence-corrected chi connectivity index (χ2v) is 8.03. The summed E-state index contributed by atoms with van der Waals surface area (Å²) in [6.07, 6.45) is -8.45. The summed E-state index contributed by atoms with van der Waals surface area (Å²) < 4.78 is 93.5. The minimum Gasteiger partial charge on any atom is -0.479 e. The fraction of sp³-hybridized carbons (Fsp3) is 0.273. The molecule has 0 bridgehead atoms. The molecule has 7 nitrogen and oxygen atoms in total. The Morgan fingerprint density at radius 2 is 1.57 bits per heavy atom. The van der Waals surface area contributed by atoms with Crippen molar-refractivity contribution < 1.29 is 35.6 Å². The van der Waals surface area contributed by atoms with Crippen molar-refractivity contribution in [2.24, 2.45) is 7.05 Å². The van der Waals surface area contributed by atoms with Crippen LogP contribution in [0.5, 0.6) is 5.75 Å². The van der Waals surface area contributed by atoms with Gasteiger partial charge in [-0.25, -0.2) is 0 Å². The zero-order valence-corrected chi connectivity index (χ0v) is 18.4. The van der Waals surface area contributed by atoms with E-state index in [0.717, 1.165) is 24.6 Å². The molecule has 0 N–H and O–H groups in total. The van der Waals surface area contributed by atoms with Crippen LogP contribution in [0.2, 0.25) is 0 Å². The van der Waals surface area contributed by atoms with Crippen LogP contribution in [0, 0.1) is 0 Å². The van der Waals surface area contributed by atoms with Crippen LogP contribution in [0.25, 0.3) is 22.8 Å². The SMILES string of the molecule is Cn1c(-c2ccccc2C(F)(F)F)nnc1C(C)(C)Oc1ccc(-c2ncon2)cc1C(F)(F)F. The summed E-state index contributed by atoms with van der Waals surface area (Å²) in [5.74, 6) is -0.662. The largest absolute Gasteiger partial charge is 0.479 e. The molecule has 0 amide bonds. The molecule has 0 aliphatic heterocycles. The van der Waals surface area contributed by atoms with Gasteiger partial charge in [0, 0.05) is 18.2 Å². The molecule has 0 aliphatic carbocycles. The lowest BCUT2D eigenvalue weighted by atomic mass is 10.0. The number of halogens is 6. The third kappa shape index (κ3) is 4.70. The number of aromatic nitrogens is 5. The van der Waals surface area contributed by atoms with Gasteiger partial charge in [-0.05, 0) is 38.1 Å². The molecule has 2 aromatic carbocycles. The summed E-state index contributed by atoms with van der Waals surface area (Å²) in [6, 6.07) is 8.06. The van der Waals surface area contributed by atoms with Crippen molar-refractivity contribution in [3.8, 4) is 28.5 Å². The van der Waals surface area contributed by atoms with Gasteiger partial charge in [0.15, 0.2) is 17.2 Å². The molecule has 0 atom stereocenters. The first-order valence-electron chi connectivity index (χ1n) is 10.0. The topological polar surface area (TPSA) is 78.9 Å². The summed E-state index contributed by atoms with van der Waals surface area (Å²) >= 11 is 0. The Kier molecular flexibility index (Phi) is 5.81. The molecule has 35 heavy (non-hydrogen) atoms. The Morgan fingerprint density at radius 3 is 2.20 bits per heavy atom. The molecule has 184 valence electrons. The molecule has 0 unspecified atom stereocenters. The maximum absolute atomic E-state index is 13.8. The zero-order chi connectivity index (χ0) is 25.6. The summed E-state index contributed by atoms with van der Waals surface area (Å²) in [4.78, 5) is 3.74. The molecule has 2 aromatic heterocycles. The van der Waals surface area contributed by atoms with Gasteiger partial charge in [-0.15, -0.1) is 10.2 Å². The van der Waals surface area contributed by atoms with E-state index in [2.05, 4.69) is 24.9 Å². The lowest BCUT2D eigenvalue weighted by Crippen LogP contribution is -2.30. The highest BCUT2D eigenvalue weighted by Gasteiger charge is 2.39. The maximum Gasteiger partial charge on any atom is 0.419 e. The third-order valence-corrected chi connectivity index (χ3v) is 5.16. The molecule has 4 rings (SSSR count). The van der Waals surface area contributed by atoms with Crippen molar-refractivity contribution in [1.29, 1.82) is 0 Å². The average molecular weight is 497 g/mol. The van der Waals surface area contributed by atoms with Crippen LogP contribution >= 0.6 is 0 Å². The third-order valence-electron chi connectivity index (χ3n) is 5.16. The number of rotatable bonds is 5. The molecule has 13 heteroatoms. The van der Waals surface area contributed by atoms with E-state index in [9.17, 15) is 26.3 Å². The molecule has 0 fully saturated rings. The van der Waals surface area contributed by atoms with Gasteiger partial charge in [-0.1, -0.05) is 23.4 Å². The van der Waals surface area contributed by atoms with Crippen molar-refractivity contribution in [2.45, 2.75) is 31.8 Å².